The van der Waals surface area contributed by atoms with E-state index in [1.807, 2.05) is 13.8 Å². The zero-order valence-electron chi connectivity index (χ0n) is 10.1. The minimum atomic E-state index is -3.00. The van der Waals surface area contributed by atoms with Crippen molar-refractivity contribution in [2.75, 3.05) is 18.6 Å². The van der Waals surface area contributed by atoms with Gasteiger partial charge in [-0.25, -0.2) is 13.2 Å². The van der Waals surface area contributed by atoms with Crippen molar-refractivity contribution in [1.29, 1.82) is 0 Å². The van der Waals surface area contributed by atoms with Crippen LogP contribution in [-0.4, -0.2) is 50.0 Å². The molecule has 5 nitrogen and oxygen atoms in total. The molecule has 0 spiro atoms. The third kappa shape index (κ3) is 3.66. The van der Waals surface area contributed by atoms with Crippen molar-refractivity contribution in [2.24, 2.45) is 0 Å². The zero-order valence-corrected chi connectivity index (χ0v) is 10.9. The van der Waals surface area contributed by atoms with E-state index in [2.05, 4.69) is 5.32 Å². The lowest BCUT2D eigenvalue weighted by Crippen LogP contribution is -2.46. The molecule has 6 heteroatoms. The number of nitrogens with zero attached hydrogens (tertiary/aromatic N) is 1. The minimum absolute atomic E-state index is 0.00462. The largest absolute Gasteiger partial charge is 0.337 e. The van der Waals surface area contributed by atoms with E-state index in [9.17, 15) is 13.2 Å². The SMILES string of the molecule is C[C@H]1CC[C@H](C)N1C(=O)NCCS(C)(=O)=O. The molecule has 0 aliphatic carbocycles. The summed E-state index contributed by atoms with van der Waals surface area (Å²) in [4.78, 5) is 13.6. The van der Waals surface area contributed by atoms with E-state index in [1.165, 1.54) is 6.26 Å². The first kappa shape index (κ1) is 13.3. The van der Waals surface area contributed by atoms with Gasteiger partial charge < -0.3 is 10.2 Å². The van der Waals surface area contributed by atoms with Crippen LogP contribution in [0.5, 0.6) is 0 Å². The van der Waals surface area contributed by atoms with Gasteiger partial charge in [0.05, 0.1) is 5.75 Å². The van der Waals surface area contributed by atoms with Crippen molar-refractivity contribution in [3.63, 3.8) is 0 Å². The first-order valence-corrected chi connectivity index (χ1v) is 7.61. The Hall–Kier alpha value is -0.780. The highest BCUT2D eigenvalue weighted by molar-refractivity contribution is 7.90. The molecule has 1 N–H and O–H groups in total. The number of rotatable bonds is 3. The molecule has 1 aliphatic heterocycles. The molecule has 1 heterocycles. The van der Waals surface area contributed by atoms with Crippen LogP contribution < -0.4 is 5.32 Å². The molecule has 0 aromatic rings. The van der Waals surface area contributed by atoms with E-state index in [0.29, 0.717) is 0 Å². The molecular weight excluding hydrogens is 228 g/mol. The lowest BCUT2D eigenvalue weighted by Gasteiger charge is -2.26. The van der Waals surface area contributed by atoms with Crippen molar-refractivity contribution in [2.45, 2.75) is 38.8 Å². The van der Waals surface area contributed by atoms with Gasteiger partial charge in [0.15, 0.2) is 0 Å². The maximum absolute atomic E-state index is 11.8. The Morgan fingerprint density at radius 2 is 1.81 bits per heavy atom. The molecule has 1 saturated heterocycles. The molecule has 0 radical (unpaired) electrons. The van der Waals surface area contributed by atoms with Crippen molar-refractivity contribution in [1.82, 2.24) is 10.2 Å². The fourth-order valence-corrected chi connectivity index (χ4v) is 2.50. The number of carbonyl (C=O) groups excluding carboxylic acids is 1. The van der Waals surface area contributed by atoms with Gasteiger partial charge in [0.1, 0.15) is 9.84 Å². The fourth-order valence-electron chi connectivity index (χ4n) is 2.03. The predicted molar refractivity (Wildman–Crippen MR) is 63.1 cm³/mol. The molecule has 0 unspecified atom stereocenters. The summed E-state index contributed by atoms with van der Waals surface area (Å²) in [5.41, 5.74) is 0. The van der Waals surface area contributed by atoms with E-state index in [-0.39, 0.29) is 30.4 Å². The normalized spacial score (nSPS) is 25.8. The molecule has 0 aromatic carbocycles. The van der Waals surface area contributed by atoms with Gasteiger partial charge in [0, 0.05) is 24.9 Å². The number of likely N-dealkylation sites (tertiary alicyclic amines) is 1. The lowest BCUT2D eigenvalue weighted by atomic mass is 10.2. The summed E-state index contributed by atoms with van der Waals surface area (Å²) in [5, 5.41) is 2.65. The van der Waals surface area contributed by atoms with Gasteiger partial charge in [0.2, 0.25) is 0 Å². The van der Waals surface area contributed by atoms with E-state index in [0.717, 1.165) is 12.8 Å². The Morgan fingerprint density at radius 3 is 2.25 bits per heavy atom. The monoisotopic (exact) mass is 248 g/mol. The Morgan fingerprint density at radius 1 is 1.31 bits per heavy atom. The first-order chi connectivity index (χ1) is 7.31. The highest BCUT2D eigenvalue weighted by Crippen LogP contribution is 2.22. The number of hydrogen-bond acceptors (Lipinski definition) is 3. The van der Waals surface area contributed by atoms with E-state index in [4.69, 9.17) is 0 Å². The molecule has 2 atom stereocenters. The molecular formula is C10H20N2O3S. The van der Waals surface area contributed by atoms with Crippen LogP contribution in [0.3, 0.4) is 0 Å². The third-order valence-electron chi connectivity index (χ3n) is 2.94. The summed E-state index contributed by atoms with van der Waals surface area (Å²) in [6, 6.07) is 0.336. The number of sulfone groups is 1. The predicted octanol–water partition coefficient (Wildman–Crippen LogP) is 0.613. The maximum atomic E-state index is 11.8. The Bertz CT molecular complexity index is 343. The van der Waals surface area contributed by atoms with Gasteiger partial charge in [-0.2, -0.15) is 0 Å². The summed E-state index contributed by atoms with van der Waals surface area (Å²) in [6.45, 7) is 4.22. The van der Waals surface area contributed by atoms with Crippen LogP contribution in [0.2, 0.25) is 0 Å². The van der Waals surface area contributed by atoms with Crippen molar-refractivity contribution in [3.8, 4) is 0 Å². The highest BCUT2D eigenvalue weighted by Gasteiger charge is 2.30. The van der Waals surface area contributed by atoms with Gasteiger partial charge in [-0.15, -0.1) is 0 Å². The Balaban J connectivity index is 2.41. The molecule has 1 rings (SSSR count). The van der Waals surface area contributed by atoms with Gasteiger partial charge in [0.25, 0.3) is 0 Å². The van der Waals surface area contributed by atoms with Crippen LogP contribution in [0.4, 0.5) is 4.79 Å². The second-order valence-corrected chi connectivity index (χ2v) is 6.80. The molecule has 94 valence electrons. The topological polar surface area (TPSA) is 66.5 Å². The lowest BCUT2D eigenvalue weighted by molar-refractivity contribution is 0.181. The average molecular weight is 248 g/mol. The quantitative estimate of drug-likeness (QED) is 0.796. The number of urea groups is 1. The molecule has 0 saturated carbocycles. The summed E-state index contributed by atoms with van der Waals surface area (Å²) in [5.74, 6) is -0.00462. The second-order valence-electron chi connectivity index (χ2n) is 4.54. The Labute approximate surface area is 97.1 Å². The average Bonchev–Trinajstić information content (AvgIpc) is 2.43. The molecule has 1 fully saturated rings. The summed E-state index contributed by atoms with van der Waals surface area (Å²) in [6.07, 6.45) is 3.20. The highest BCUT2D eigenvalue weighted by atomic mass is 32.2. The van der Waals surface area contributed by atoms with Crippen LogP contribution >= 0.6 is 0 Å². The first-order valence-electron chi connectivity index (χ1n) is 5.55. The van der Waals surface area contributed by atoms with Crippen LogP contribution in [0.15, 0.2) is 0 Å². The molecule has 0 aromatic heterocycles. The van der Waals surface area contributed by atoms with Gasteiger partial charge in [-0.3, -0.25) is 0 Å². The smallest absolute Gasteiger partial charge is 0.317 e. The van der Waals surface area contributed by atoms with Crippen molar-refractivity contribution in [3.05, 3.63) is 0 Å². The van der Waals surface area contributed by atoms with Gasteiger partial charge in [-0.05, 0) is 26.7 Å². The van der Waals surface area contributed by atoms with Gasteiger partial charge in [-0.1, -0.05) is 0 Å². The van der Waals surface area contributed by atoms with E-state index in [1.54, 1.807) is 4.90 Å². The number of carbonyl (C=O) groups is 1. The van der Waals surface area contributed by atoms with Crippen LogP contribution in [0.1, 0.15) is 26.7 Å². The number of hydrogen-bond donors (Lipinski definition) is 1. The van der Waals surface area contributed by atoms with Crippen LogP contribution in [-0.2, 0) is 9.84 Å². The molecule has 2 amide bonds. The van der Waals surface area contributed by atoms with Gasteiger partial charge >= 0.3 is 6.03 Å². The maximum Gasteiger partial charge on any atom is 0.317 e. The number of amides is 2. The van der Waals surface area contributed by atoms with E-state index < -0.39 is 9.84 Å². The zero-order chi connectivity index (χ0) is 12.3. The summed E-state index contributed by atoms with van der Waals surface area (Å²) in [7, 11) is -3.00. The van der Waals surface area contributed by atoms with Crippen molar-refractivity contribution < 1.29 is 13.2 Å². The molecule has 16 heavy (non-hydrogen) atoms. The van der Waals surface area contributed by atoms with Crippen LogP contribution in [0, 0.1) is 0 Å². The molecule has 1 aliphatic rings. The summed E-state index contributed by atoms with van der Waals surface area (Å²) < 4.78 is 21.8. The second kappa shape index (κ2) is 5.03. The molecule has 0 bridgehead atoms. The standard InChI is InChI=1S/C10H20N2O3S/c1-8-4-5-9(2)12(8)10(13)11-6-7-16(3,14)15/h8-9H,4-7H2,1-3H3,(H,11,13)/t8-,9-/m0/s1. The number of nitrogens with one attached hydrogen (secondary N) is 1. The van der Waals surface area contributed by atoms with E-state index >= 15 is 0 Å². The Kier molecular flexibility index (Phi) is 4.18. The fraction of sp³-hybridized carbons (Fsp3) is 0.900. The summed E-state index contributed by atoms with van der Waals surface area (Å²) >= 11 is 0. The third-order valence-corrected chi connectivity index (χ3v) is 3.88. The van der Waals surface area contributed by atoms with Crippen LogP contribution in [0.25, 0.3) is 0 Å². The minimum Gasteiger partial charge on any atom is -0.337 e. The van der Waals surface area contributed by atoms with Crippen molar-refractivity contribution >= 4 is 15.9 Å².